The molecule has 156 valence electrons. The Labute approximate surface area is 170 Å². The molecule has 1 heterocycles. The third-order valence-electron chi connectivity index (χ3n) is 5.40. The number of anilines is 2. The lowest BCUT2D eigenvalue weighted by atomic mass is 10.1. The number of rotatable bonds is 11. The van der Waals surface area contributed by atoms with Crippen LogP contribution in [-0.2, 0) is 9.59 Å². The van der Waals surface area contributed by atoms with Gasteiger partial charge in [0, 0.05) is 50.4 Å². The Morgan fingerprint density at radius 3 is 2.07 bits per heavy atom. The van der Waals surface area contributed by atoms with Gasteiger partial charge >= 0.3 is 0 Å². The average Bonchev–Trinajstić information content (AvgIpc) is 2.72. The summed E-state index contributed by atoms with van der Waals surface area (Å²) >= 11 is 0. The topological polar surface area (TPSA) is 52.7 Å². The van der Waals surface area contributed by atoms with Gasteiger partial charge in [0.2, 0.25) is 11.8 Å². The predicted molar refractivity (Wildman–Crippen MR) is 117 cm³/mol. The molecule has 1 aromatic rings. The first-order valence-corrected chi connectivity index (χ1v) is 11.1. The first-order valence-electron chi connectivity index (χ1n) is 11.1. The lowest BCUT2D eigenvalue weighted by Gasteiger charge is -2.36. The zero-order valence-electron chi connectivity index (χ0n) is 17.7. The van der Waals surface area contributed by atoms with Crippen LogP contribution in [0.25, 0.3) is 0 Å². The van der Waals surface area contributed by atoms with E-state index < -0.39 is 0 Å². The van der Waals surface area contributed by atoms with Crippen molar-refractivity contribution in [2.24, 2.45) is 0 Å². The maximum atomic E-state index is 12.2. The second-order valence-electron chi connectivity index (χ2n) is 7.73. The van der Waals surface area contributed by atoms with Crippen LogP contribution >= 0.6 is 0 Å². The second kappa shape index (κ2) is 12.4. The van der Waals surface area contributed by atoms with Gasteiger partial charge in [0.15, 0.2) is 0 Å². The van der Waals surface area contributed by atoms with Crippen molar-refractivity contribution < 1.29 is 9.59 Å². The van der Waals surface area contributed by atoms with Gasteiger partial charge in [-0.2, -0.15) is 0 Å². The Kier molecular flexibility index (Phi) is 9.87. The van der Waals surface area contributed by atoms with E-state index in [9.17, 15) is 9.59 Å². The molecule has 0 aromatic heterocycles. The number of unbranched alkanes of at least 4 members (excludes halogenated alkanes) is 5. The Hall–Kier alpha value is -2.04. The van der Waals surface area contributed by atoms with E-state index in [2.05, 4.69) is 36.2 Å². The number of amides is 2. The maximum Gasteiger partial charge on any atom is 0.224 e. The summed E-state index contributed by atoms with van der Waals surface area (Å²) < 4.78 is 0. The highest BCUT2D eigenvalue weighted by Crippen LogP contribution is 2.20. The molecule has 1 saturated heterocycles. The third kappa shape index (κ3) is 7.53. The second-order valence-corrected chi connectivity index (χ2v) is 7.73. The minimum Gasteiger partial charge on any atom is -0.368 e. The number of carbonyl (C=O) groups is 2. The summed E-state index contributed by atoms with van der Waals surface area (Å²) in [5.74, 6) is 0.393. The zero-order chi connectivity index (χ0) is 20.2. The number of piperazine rings is 1. The van der Waals surface area contributed by atoms with E-state index in [4.69, 9.17) is 0 Å². The SMILES string of the molecule is CCCCCCC(=O)Nc1ccc(N2CCN(C(=O)CCCCC)CC2)cc1. The van der Waals surface area contributed by atoms with Gasteiger partial charge in [0.25, 0.3) is 0 Å². The molecule has 2 amide bonds. The molecule has 0 radical (unpaired) electrons. The Bertz CT molecular complexity index is 592. The first-order chi connectivity index (χ1) is 13.6. The van der Waals surface area contributed by atoms with Gasteiger partial charge in [-0.25, -0.2) is 0 Å². The van der Waals surface area contributed by atoms with Crippen molar-refractivity contribution in [3.63, 3.8) is 0 Å². The molecule has 1 aliphatic rings. The summed E-state index contributed by atoms with van der Waals surface area (Å²) in [7, 11) is 0. The normalized spacial score (nSPS) is 14.2. The molecular weight excluding hydrogens is 350 g/mol. The van der Waals surface area contributed by atoms with Crippen LogP contribution in [0, 0.1) is 0 Å². The molecule has 2 rings (SSSR count). The van der Waals surface area contributed by atoms with Gasteiger partial charge in [-0.05, 0) is 37.1 Å². The van der Waals surface area contributed by atoms with Crippen molar-refractivity contribution in [1.82, 2.24) is 4.90 Å². The van der Waals surface area contributed by atoms with Gasteiger partial charge in [-0.1, -0.05) is 46.0 Å². The van der Waals surface area contributed by atoms with Crippen molar-refractivity contribution in [2.75, 3.05) is 36.4 Å². The molecule has 5 heteroatoms. The number of carbonyl (C=O) groups excluding carboxylic acids is 2. The van der Waals surface area contributed by atoms with E-state index in [0.29, 0.717) is 18.7 Å². The lowest BCUT2D eigenvalue weighted by molar-refractivity contribution is -0.131. The van der Waals surface area contributed by atoms with Crippen LogP contribution in [0.2, 0.25) is 0 Å². The van der Waals surface area contributed by atoms with Gasteiger partial charge in [-0.3, -0.25) is 9.59 Å². The fourth-order valence-corrected chi connectivity index (χ4v) is 3.59. The number of nitrogens with one attached hydrogen (secondary N) is 1. The smallest absolute Gasteiger partial charge is 0.224 e. The molecule has 0 spiro atoms. The van der Waals surface area contributed by atoms with Gasteiger partial charge in [0.05, 0.1) is 0 Å². The number of hydrogen-bond donors (Lipinski definition) is 1. The molecule has 1 fully saturated rings. The summed E-state index contributed by atoms with van der Waals surface area (Å²) in [5.41, 5.74) is 2.01. The van der Waals surface area contributed by atoms with Gasteiger partial charge < -0.3 is 15.1 Å². The molecule has 0 unspecified atom stereocenters. The average molecular weight is 388 g/mol. The van der Waals surface area contributed by atoms with Crippen LogP contribution in [0.1, 0.15) is 71.6 Å². The van der Waals surface area contributed by atoms with Crippen LogP contribution in [0.5, 0.6) is 0 Å². The van der Waals surface area contributed by atoms with Crippen LogP contribution in [0.3, 0.4) is 0 Å². The fourth-order valence-electron chi connectivity index (χ4n) is 3.59. The first kappa shape index (κ1) is 22.3. The molecule has 1 N–H and O–H groups in total. The fraction of sp³-hybridized carbons (Fsp3) is 0.652. The van der Waals surface area contributed by atoms with E-state index in [0.717, 1.165) is 69.7 Å². The molecule has 1 aromatic carbocycles. The minimum atomic E-state index is 0.0963. The molecule has 28 heavy (non-hydrogen) atoms. The quantitative estimate of drug-likeness (QED) is 0.554. The van der Waals surface area contributed by atoms with E-state index in [1.807, 2.05) is 17.0 Å². The third-order valence-corrected chi connectivity index (χ3v) is 5.40. The summed E-state index contributed by atoms with van der Waals surface area (Å²) in [6.07, 6.45) is 9.01. The molecule has 0 bridgehead atoms. The number of nitrogens with zero attached hydrogens (tertiary/aromatic N) is 2. The molecule has 1 aliphatic heterocycles. The van der Waals surface area contributed by atoms with Crippen molar-refractivity contribution >= 4 is 23.2 Å². The van der Waals surface area contributed by atoms with Gasteiger partial charge in [-0.15, -0.1) is 0 Å². The molecule has 5 nitrogen and oxygen atoms in total. The highest BCUT2D eigenvalue weighted by molar-refractivity contribution is 5.90. The predicted octanol–water partition coefficient (Wildman–Crippen LogP) is 4.82. The summed E-state index contributed by atoms with van der Waals surface area (Å²) in [4.78, 5) is 28.6. The van der Waals surface area contributed by atoms with Gasteiger partial charge in [0.1, 0.15) is 0 Å². The van der Waals surface area contributed by atoms with Crippen LogP contribution in [-0.4, -0.2) is 42.9 Å². The van der Waals surface area contributed by atoms with Crippen LogP contribution in [0.15, 0.2) is 24.3 Å². The van der Waals surface area contributed by atoms with Crippen molar-refractivity contribution in [2.45, 2.75) is 71.6 Å². The van der Waals surface area contributed by atoms with E-state index in [1.54, 1.807) is 0 Å². The Morgan fingerprint density at radius 1 is 0.821 bits per heavy atom. The Morgan fingerprint density at radius 2 is 1.43 bits per heavy atom. The highest BCUT2D eigenvalue weighted by atomic mass is 16.2. The molecule has 0 saturated carbocycles. The summed E-state index contributed by atoms with van der Waals surface area (Å²) in [6, 6.07) is 8.07. The molecule has 0 atom stereocenters. The van der Waals surface area contributed by atoms with Crippen molar-refractivity contribution in [1.29, 1.82) is 0 Å². The highest BCUT2D eigenvalue weighted by Gasteiger charge is 2.20. The van der Waals surface area contributed by atoms with Crippen molar-refractivity contribution in [3.8, 4) is 0 Å². The Balaban J connectivity index is 1.73. The maximum absolute atomic E-state index is 12.2. The summed E-state index contributed by atoms with van der Waals surface area (Å²) in [6.45, 7) is 7.65. The van der Waals surface area contributed by atoms with Crippen molar-refractivity contribution in [3.05, 3.63) is 24.3 Å². The van der Waals surface area contributed by atoms with Crippen LogP contribution < -0.4 is 10.2 Å². The summed E-state index contributed by atoms with van der Waals surface area (Å²) in [5, 5.41) is 2.98. The molecule has 0 aliphatic carbocycles. The van der Waals surface area contributed by atoms with E-state index in [1.165, 1.54) is 12.8 Å². The minimum absolute atomic E-state index is 0.0963. The van der Waals surface area contributed by atoms with E-state index in [-0.39, 0.29) is 5.91 Å². The van der Waals surface area contributed by atoms with Crippen LogP contribution in [0.4, 0.5) is 11.4 Å². The zero-order valence-corrected chi connectivity index (χ0v) is 17.7. The van der Waals surface area contributed by atoms with E-state index >= 15 is 0 Å². The number of benzene rings is 1. The number of hydrogen-bond acceptors (Lipinski definition) is 3. The molecular formula is C23H37N3O2. The monoisotopic (exact) mass is 387 g/mol. The standard InChI is InChI=1S/C23H37N3O2/c1-3-5-7-9-10-22(27)24-20-12-14-21(15-13-20)25-16-18-26(19-17-25)23(28)11-8-6-4-2/h12-15H,3-11,16-19H2,1-2H3,(H,24,27). The lowest BCUT2D eigenvalue weighted by Crippen LogP contribution is -2.48. The largest absolute Gasteiger partial charge is 0.368 e.